The molecule has 0 aliphatic rings. The van der Waals surface area contributed by atoms with E-state index in [9.17, 15) is 0 Å². The van der Waals surface area contributed by atoms with Gasteiger partial charge in [0.15, 0.2) is 0 Å². The van der Waals surface area contributed by atoms with Gasteiger partial charge in [0.25, 0.3) is 0 Å². The Hall–Kier alpha value is -0.860. The zero-order chi connectivity index (χ0) is 10.6. The monoisotopic (exact) mass is 195 g/mol. The largest absolute Gasteiger partial charge is 0.253 e. The molecule has 0 N–H and O–H groups in total. The van der Waals surface area contributed by atoms with Crippen molar-refractivity contribution in [1.29, 1.82) is 0 Å². The van der Waals surface area contributed by atoms with Gasteiger partial charge < -0.3 is 0 Å². The lowest BCUT2D eigenvalue weighted by Crippen LogP contribution is -2.17. The number of aromatic nitrogens is 3. The van der Waals surface area contributed by atoms with Crippen LogP contribution in [0.3, 0.4) is 0 Å². The molecule has 0 aliphatic heterocycles. The highest BCUT2D eigenvalue weighted by Crippen LogP contribution is 2.26. The Balaban J connectivity index is 2.70. The number of nitrogens with zero attached hydrogens (tertiary/aromatic N) is 3. The van der Waals surface area contributed by atoms with Crippen molar-refractivity contribution < 1.29 is 0 Å². The second kappa shape index (κ2) is 4.58. The minimum absolute atomic E-state index is 0.170. The average molecular weight is 195 g/mol. The molecule has 1 rings (SSSR count). The van der Waals surface area contributed by atoms with Gasteiger partial charge in [-0.05, 0) is 13.3 Å². The lowest BCUT2D eigenvalue weighted by atomic mass is 9.84. The number of hydrogen-bond donors (Lipinski definition) is 0. The second-order valence-corrected chi connectivity index (χ2v) is 4.45. The van der Waals surface area contributed by atoms with Crippen molar-refractivity contribution in [3.8, 4) is 0 Å². The molecule has 0 aliphatic carbocycles. The average Bonchev–Trinajstić information content (AvgIpc) is 2.63. The number of aryl methyl sites for hydroxylation is 1. The molecule has 1 aromatic rings. The van der Waals surface area contributed by atoms with E-state index < -0.39 is 0 Å². The van der Waals surface area contributed by atoms with Crippen molar-refractivity contribution in [3.63, 3.8) is 0 Å². The summed E-state index contributed by atoms with van der Waals surface area (Å²) in [5.74, 6) is 0. The summed E-state index contributed by atoms with van der Waals surface area (Å²) in [6.07, 6.45) is 5.75. The Morgan fingerprint density at radius 1 is 1.36 bits per heavy atom. The minimum Gasteiger partial charge on any atom is -0.253 e. The van der Waals surface area contributed by atoms with Crippen molar-refractivity contribution in [2.75, 3.05) is 0 Å². The zero-order valence-electron chi connectivity index (χ0n) is 9.75. The molecule has 0 aromatic carbocycles. The van der Waals surface area contributed by atoms with Crippen molar-refractivity contribution in [2.45, 2.75) is 58.9 Å². The maximum atomic E-state index is 4.22. The summed E-state index contributed by atoms with van der Waals surface area (Å²) in [7, 11) is 0. The van der Waals surface area contributed by atoms with Gasteiger partial charge in [-0.2, -0.15) is 0 Å². The van der Waals surface area contributed by atoms with Crippen LogP contribution in [0.15, 0.2) is 6.20 Å². The van der Waals surface area contributed by atoms with Crippen LogP contribution < -0.4 is 0 Å². The Kier molecular flexibility index (Phi) is 3.67. The highest BCUT2D eigenvalue weighted by atomic mass is 15.4. The number of rotatable bonds is 5. The van der Waals surface area contributed by atoms with E-state index in [0.29, 0.717) is 0 Å². The molecular weight excluding hydrogens is 174 g/mol. The fourth-order valence-electron chi connectivity index (χ4n) is 1.51. The van der Waals surface area contributed by atoms with Crippen LogP contribution in [0, 0.1) is 0 Å². The molecular formula is C11H21N3. The molecule has 0 unspecified atom stereocenters. The summed E-state index contributed by atoms with van der Waals surface area (Å²) < 4.78 is 1.89. The predicted octanol–water partition coefficient (Wildman–Crippen LogP) is 2.77. The van der Waals surface area contributed by atoms with E-state index in [0.717, 1.165) is 12.2 Å². The smallest absolute Gasteiger partial charge is 0.0883 e. The first-order valence-electron chi connectivity index (χ1n) is 5.50. The molecule has 0 saturated carbocycles. The molecule has 0 radical (unpaired) electrons. The first-order chi connectivity index (χ1) is 6.60. The van der Waals surface area contributed by atoms with E-state index in [2.05, 4.69) is 44.2 Å². The van der Waals surface area contributed by atoms with Crippen LogP contribution in [0.1, 0.15) is 52.7 Å². The molecule has 3 nitrogen and oxygen atoms in total. The summed E-state index contributed by atoms with van der Waals surface area (Å²) in [4.78, 5) is 0. The van der Waals surface area contributed by atoms with Crippen LogP contribution in [0.5, 0.6) is 0 Å². The van der Waals surface area contributed by atoms with Crippen molar-refractivity contribution >= 4 is 0 Å². The molecule has 0 bridgehead atoms. The SMILES string of the molecule is CCCCC(C)(C)c1cn(CC)nn1. The summed E-state index contributed by atoms with van der Waals surface area (Å²) in [6.45, 7) is 9.69. The molecule has 0 atom stereocenters. The third kappa shape index (κ3) is 2.56. The Morgan fingerprint density at radius 2 is 2.07 bits per heavy atom. The van der Waals surface area contributed by atoms with Gasteiger partial charge >= 0.3 is 0 Å². The van der Waals surface area contributed by atoms with Crippen LogP contribution in [0.25, 0.3) is 0 Å². The molecule has 0 amide bonds. The first kappa shape index (κ1) is 11.2. The normalized spacial score (nSPS) is 12.0. The maximum absolute atomic E-state index is 4.22. The highest BCUT2D eigenvalue weighted by Gasteiger charge is 2.23. The lowest BCUT2D eigenvalue weighted by molar-refractivity contribution is 0.445. The van der Waals surface area contributed by atoms with Gasteiger partial charge in [0.05, 0.1) is 5.69 Å². The van der Waals surface area contributed by atoms with Gasteiger partial charge in [0, 0.05) is 18.2 Å². The molecule has 14 heavy (non-hydrogen) atoms. The van der Waals surface area contributed by atoms with Crippen molar-refractivity contribution in [2.24, 2.45) is 0 Å². The van der Waals surface area contributed by atoms with Crippen LogP contribution in [-0.2, 0) is 12.0 Å². The fraction of sp³-hybridized carbons (Fsp3) is 0.818. The third-order valence-corrected chi connectivity index (χ3v) is 2.71. The highest BCUT2D eigenvalue weighted by molar-refractivity contribution is 5.08. The van der Waals surface area contributed by atoms with Crippen LogP contribution in [0.2, 0.25) is 0 Å². The second-order valence-electron chi connectivity index (χ2n) is 4.45. The molecule has 1 heterocycles. The Bertz CT molecular complexity index is 276. The molecule has 0 spiro atoms. The van der Waals surface area contributed by atoms with Crippen molar-refractivity contribution in [3.05, 3.63) is 11.9 Å². The molecule has 3 heteroatoms. The fourth-order valence-corrected chi connectivity index (χ4v) is 1.51. The lowest BCUT2D eigenvalue weighted by Gasteiger charge is -2.20. The number of unbranched alkanes of at least 4 members (excludes halogenated alkanes) is 1. The van der Waals surface area contributed by atoms with E-state index in [4.69, 9.17) is 0 Å². The van der Waals surface area contributed by atoms with Gasteiger partial charge in [-0.25, -0.2) is 0 Å². The molecule has 0 saturated heterocycles. The van der Waals surface area contributed by atoms with Gasteiger partial charge in [0.1, 0.15) is 0 Å². The third-order valence-electron chi connectivity index (χ3n) is 2.71. The summed E-state index contributed by atoms with van der Waals surface area (Å²) in [5, 5.41) is 8.30. The van der Waals surface area contributed by atoms with E-state index in [-0.39, 0.29) is 5.41 Å². The molecule has 1 aromatic heterocycles. The molecule has 0 fully saturated rings. The maximum Gasteiger partial charge on any atom is 0.0883 e. The van der Waals surface area contributed by atoms with Crippen LogP contribution >= 0.6 is 0 Å². The zero-order valence-corrected chi connectivity index (χ0v) is 9.75. The quantitative estimate of drug-likeness (QED) is 0.723. The Labute approximate surface area is 86.5 Å². The van der Waals surface area contributed by atoms with E-state index >= 15 is 0 Å². The first-order valence-corrected chi connectivity index (χ1v) is 5.50. The van der Waals surface area contributed by atoms with Gasteiger partial charge in [-0.1, -0.05) is 38.8 Å². The van der Waals surface area contributed by atoms with E-state index in [1.54, 1.807) is 0 Å². The summed E-state index contributed by atoms with van der Waals surface area (Å²) in [5.41, 5.74) is 1.29. The van der Waals surface area contributed by atoms with Gasteiger partial charge in [0.2, 0.25) is 0 Å². The van der Waals surface area contributed by atoms with E-state index in [1.165, 1.54) is 19.3 Å². The van der Waals surface area contributed by atoms with Crippen LogP contribution in [0.4, 0.5) is 0 Å². The van der Waals surface area contributed by atoms with E-state index in [1.807, 2.05) is 4.68 Å². The van der Waals surface area contributed by atoms with Gasteiger partial charge in [-0.3, -0.25) is 4.68 Å². The standard InChI is InChI=1S/C11H21N3/c1-5-7-8-11(3,4)10-9-14(6-2)13-12-10/h9H,5-8H2,1-4H3. The molecule has 80 valence electrons. The summed E-state index contributed by atoms with van der Waals surface area (Å²) >= 11 is 0. The number of hydrogen-bond acceptors (Lipinski definition) is 2. The topological polar surface area (TPSA) is 30.7 Å². The predicted molar refractivity (Wildman–Crippen MR) is 58.2 cm³/mol. The van der Waals surface area contributed by atoms with Crippen molar-refractivity contribution in [1.82, 2.24) is 15.0 Å². The van der Waals surface area contributed by atoms with Gasteiger partial charge in [-0.15, -0.1) is 5.10 Å². The Morgan fingerprint density at radius 3 is 2.57 bits per heavy atom. The minimum atomic E-state index is 0.170. The summed E-state index contributed by atoms with van der Waals surface area (Å²) in [6, 6.07) is 0. The van der Waals surface area contributed by atoms with Crippen LogP contribution in [-0.4, -0.2) is 15.0 Å².